The first-order valence-electron chi connectivity index (χ1n) is 8.48. The first kappa shape index (κ1) is 17.7. The summed E-state index contributed by atoms with van der Waals surface area (Å²) in [6, 6.07) is 12.3. The van der Waals surface area contributed by atoms with E-state index in [-0.39, 0.29) is 17.6 Å². The number of hydrogen-bond acceptors (Lipinski definition) is 4. The van der Waals surface area contributed by atoms with E-state index in [1.807, 2.05) is 6.07 Å². The molecule has 6 heteroatoms. The highest BCUT2D eigenvalue weighted by Crippen LogP contribution is 2.20. The molecular weight excluding hydrogens is 332 g/mol. The van der Waals surface area contributed by atoms with Crippen LogP contribution in [0.2, 0.25) is 0 Å². The molecule has 2 aromatic carbocycles. The Bertz CT molecular complexity index is 843. The van der Waals surface area contributed by atoms with Gasteiger partial charge in [-0.1, -0.05) is 6.07 Å². The van der Waals surface area contributed by atoms with Gasteiger partial charge in [0.25, 0.3) is 5.91 Å². The lowest BCUT2D eigenvalue weighted by Gasteiger charge is -2.08. The zero-order chi connectivity index (χ0) is 18.5. The number of hydrogen-bond donors (Lipinski definition) is 2. The van der Waals surface area contributed by atoms with Crippen molar-refractivity contribution in [3.63, 3.8) is 0 Å². The van der Waals surface area contributed by atoms with E-state index in [9.17, 15) is 14.4 Å². The first-order chi connectivity index (χ1) is 12.5. The first-order valence-corrected chi connectivity index (χ1v) is 8.48. The van der Waals surface area contributed by atoms with Crippen LogP contribution in [0.5, 0.6) is 5.75 Å². The van der Waals surface area contributed by atoms with Crippen LogP contribution in [0.1, 0.15) is 46.0 Å². The molecule has 3 rings (SSSR count). The Morgan fingerprint density at radius 3 is 2.65 bits per heavy atom. The van der Waals surface area contributed by atoms with Crippen molar-refractivity contribution in [2.45, 2.75) is 26.3 Å². The third-order valence-corrected chi connectivity index (χ3v) is 4.16. The molecule has 0 radical (unpaired) electrons. The topological polar surface area (TPSA) is 84.5 Å². The average molecular weight is 352 g/mol. The van der Waals surface area contributed by atoms with Crippen molar-refractivity contribution in [2.24, 2.45) is 0 Å². The minimum Gasteiger partial charge on any atom is -0.494 e. The molecule has 1 aliphatic heterocycles. The Balaban J connectivity index is 1.42. The molecule has 6 nitrogen and oxygen atoms in total. The van der Waals surface area contributed by atoms with Gasteiger partial charge < -0.3 is 15.4 Å². The Labute approximate surface area is 151 Å². The predicted molar refractivity (Wildman–Crippen MR) is 97.4 cm³/mol. The molecule has 0 unspecified atom stereocenters. The van der Waals surface area contributed by atoms with Crippen LogP contribution in [0.4, 0.5) is 5.69 Å². The minimum atomic E-state index is -0.126. The van der Waals surface area contributed by atoms with Crippen LogP contribution in [-0.2, 0) is 11.3 Å². The number of ether oxygens (including phenoxy) is 1. The highest BCUT2D eigenvalue weighted by Gasteiger charge is 2.18. The maximum absolute atomic E-state index is 12.0. The van der Waals surface area contributed by atoms with Crippen molar-refractivity contribution < 1.29 is 19.1 Å². The Kier molecular flexibility index (Phi) is 5.31. The van der Waals surface area contributed by atoms with Crippen LogP contribution < -0.4 is 15.4 Å². The number of nitrogens with one attached hydrogen (secondary N) is 2. The molecule has 0 bridgehead atoms. The lowest BCUT2D eigenvalue weighted by Crippen LogP contribution is -2.14. The molecule has 2 N–H and O–H groups in total. The summed E-state index contributed by atoms with van der Waals surface area (Å²) in [6.45, 7) is 2.45. The fraction of sp³-hybridized carbons (Fsp3) is 0.250. The van der Waals surface area contributed by atoms with Gasteiger partial charge in [-0.15, -0.1) is 0 Å². The van der Waals surface area contributed by atoms with E-state index >= 15 is 0 Å². The third kappa shape index (κ3) is 4.27. The molecule has 26 heavy (non-hydrogen) atoms. The quantitative estimate of drug-likeness (QED) is 0.593. The highest BCUT2D eigenvalue weighted by atomic mass is 16.5. The van der Waals surface area contributed by atoms with Gasteiger partial charge in [0.05, 0.1) is 6.61 Å². The molecule has 2 amide bonds. The number of fused-ring (bicyclic) bond motifs is 1. The number of carbonyl (C=O) groups excluding carboxylic acids is 3. The largest absolute Gasteiger partial charge is 0.494 e. The second-order valence-electron chi connectivity index (χ2n) is 6.14. The number of ketones is 1. The summed E-state index contributed by atoms with van der Waals surface area (Å²) < 4.78 is 5.57. The van der Waals surface area contributed by atoms with Gasteiger partial charge >= 0.3 is 0 Å². The summed E-state index contributed by atoms with van der Waals surface area (Å²) in [7, 11) is 0. The second kappa shape index (κ2) is 7.82. The SMILES string of the molecule is CC(=O)c1ccc(OCCCC(=O)Nc2ccc3c(c2)C(=O)NC3)cc1. The lowest BCUT2D eigenvalue weighted by molar-refractivity contribution is -0.116. The smallest absolute Gasteiger partial charge is 0.251 e. The van der Waals surface area contributed by atoms with Gasteiger partial charge in [-0.25, -0.2) is 0 Å². The molecule has 0 aromatic heterocycles. The number of anilines is 1. The van der Waals surface area contributed by atoms with E-state index in [1.54, 1.807) is 36.4 Å². The molecule has 0 fully saturated rings. The molecule has 2 aromatic rings. The van der Waals surface area contributed by atoms with E-state index in [2.05, 4.69) is 10.6 Å². The fourth-order valence-corrected chi connectivity index (χ4v) is 2.72. The third-order valence-electron chi connectivity index (χ3n) is 4.16. The van der Waals surface area contributed by atoms with Gasteiger partial charge in [-0.2, -0.15) is 0 Å². The summed E-state index contributed by atoms with van der Waals surface area (Å²) in [5.41, 5.74) is 2.81. The maximum atomic E-state index is 12.0. The number of Topliss-reactive ketones (excluding diaryl/α,β-unsaturated/α-hetero) is 1. The fourth-order valence-electron chi connectivity index (χ4n) is 2.72. The van der Waals surface area contributed by atoms with Gasteiger partial charge in [0, 0.05) is 29.8 Å². The van der Waals surface area contributed by atoms with Crippen LogP contribution >= 0.6 is 0 Å². The van der Waals surface area contributed by atoms with E-state index in [0.717, 1.165) is 5.56 Å². The van der Waals surface area contributed by atoms with Gasteiger partial charge in [0.2, 0.25) is 5.91 Å². The summed E-state index contributed by atoms with van der Waals surface area (Å²) in [5, 5.41) is 5.54. The zero-order valence-corrected chi connectivity index (χ0v) is 14.5. The number of rotatable bonds is 7. The van der Waals surface area contributed by atoms with Crippen molar-refractivity contribution >= 4 is 23.3 Å². The average Bonchev–Trinajstić information content (AvgIpc) is 3.00. The number of amides is 2. The van der Waals surface area contributed by atoms with Crippen molar-refractivity contribution in [3.8, 4) is 5.75 Å². The lowest BCUT2D eigenvalue weighted by atomic mass is 10.1. The van der Waals surface area contributed by atoms with E-state index in [4.69, 9.17) is 4.74 Å². The van der Waals surface area contributed by atoms with E-state index < -0.39 is 0 Å². The van der Waals surface area contributed by atoms with E-state index in [0.29, 0.717) is 48.6 Å². The monoisotopic (exact) mass is 352 g/mol. The summed E-state index contributed by atoms with van der Waals surface area (Å²) in [4.78, 5) is 34.9. The minimum absolute atomic E-state index is 0.0113. The summed E-state index contributed by atoms with van der Waals surface area (Å²) in [6.07, 6.45) is 0.876. The van der Waals surface area contributed by atoms with Gasteiger partial charge in [0.15, 0.2) is 5.78 Å². The standard InChI is InChI=1S/C20H20N2O4/c1-13(23)14-5-8-17(9-6-14)26-10-2-3-19(24)22-16-7-4-15-12-21-20(25)18(15)11-16/h4-9,11H,2-3,10,12H2,1H3,(H,21,25)(H,22,24). The van der Waals surface area contributed by atoms with E-state index in [1.165, 1.54) is 6.92 Å². The molecule has 1 aliphatic rings. The Morgan fingerprint density at radius 2 is 1.92 bits per heavy atom. The number of benzene rings is 2. The molecule has 0 atom stereocenters. The molecule has 1 heterocycles. The number of carbonyl (C=O) groups is 3. The molecule has 0 aliphatic carbocycles. The van der Waals surface area contributed by atoms with Gasteiger partial charge in [-0.05, 0) is 55.3 Å². The van der Waals surface area contributed by atoms with Crippen LogP contribution in [0, 0.1) is 0 Å². The van der Waals surface area contributed by atoms with Crippen molar-refractivity contribution in [1.82, 2.24) is 5.32 Å². The molecule has 0 saturated heterocycles. The highest BCUT2D eigenvalue weighted by molar-refractivity contribution is 6.00. The Morgan fingerprint density at radius 1 is 1.15 bits per heavy atom. The second-order valence-corrected chi connectivity index (χ2v) is 6.14. The van der Waals surface area contributed by atoms with Crippen molar-refractivity contribution in [2.75, 3.05) is 11.9 Å². The summed E-state index contributed by atoms with van der Waals surface area (Å²) in [5.74, 6) is 0.441. The normalized spacial score (nSPS) is 12.3. The summed E-state index contributed by atoms with van der Waals surface area (Å²) >= 11 is 0. The zero-order valence-electron chi connectivity index (χ0n) is 14.5. The van der Waals surface area contributed by atoms with Crippen LogP contribution in [0.25, 0.3) is 0 Å². The van der Waals surface area contributed by atoms with Crippen LogP contribution in [0.3, 0.4) is 0 Å². The molecule has 0 spiro atoms. The van der Waals surface area contributed by atoms with Crippen molar-refractivity contribution in [3.05, 3.63) is 59.2 Å². The van der Waals surface area contributed by atoms with Gasteiger partial charge in [0.1, 0.15) is 5.75 Å². The maximum Gasteiger partial charge on any atom is 0.251 e. The van der Waals surface area contributed by atoms with Gasteiger partial charge in [-0.3, -0.25) is 14.4 Å². The predicted octanol–water partition coefficient (Wildman–Crippen LogP) is 2.93. The van der Waals surface area contributed by atoms with Crippen molar-refractivity contribution in [1.29, 1.82) is 0 Å². The molecular formula is C20H20N2O4. The Hall–Kier alpha value is -3.15. The molecule has 134 valence electrons. The van der Waals surface area contributed by atoms with Crippen LogP contribution in [0.15, 0.2) is 42.5 Å². The van der Waals surface area contributed by atoms with Crippen LogP contribution in [-0.4, -0.2) is 24.2 Å². The molecule has 0 saturated carbocycles.